The van der Waals surface area contributed by atoms with Gasteiger partial charge in [-0.25, -0.2) is 0 Å². The van der Waals surface area contributed by atoms with Crippen molar-refractivity contribution in [3.05, 3.63) is 0 Å². The summed E-state index contributed by atoms with van der Waals surface area (Å²) in [6.45, 7) is 4.55. The Labute approximate surface area is 97.0 Å². The van der Waals surface area contributed by atoms with Crippen LogP contribution in [0.5, 0.6) is 0 Å². The first kappa shape index (κ1) is 13.5. The van der Waals surface area contributed by atoms with Crippen LogP contribution in [-0.4, -0.2) is 34.4 Å². The molecule has 0 amide bonds. The van der Waals surface area contributed by atoms with Gasteiger partial charge in [0.2, 0.25) is 0 Å². The van der Waals surface area contributed by atoms with Crippen molar-refractivity contribution in [3.63, 3.8) is 0 Å². The van der Waals surface area contributed by atoms with Crippen molar-refractivity contribution in [1.82, 2.24) is 5.32 Å². The van der Waals surface area contributed by atoms with E-state index >= 15 is 0 Å². The molecule has 0 aromatic heterocycles. The highest BCUT2D eigenvalue weighted by molar-refractivity contribution is 5.67. The molecule has 1 rings (SSSR count). The van der Waals surface area contributed by atoms with Crippen LogP contribution in [0.25, 0.3) is 0 Å². The predicted molar refractivity (Wildman–Crippen MR) is 62.3 cm³/mol. The van der Waals surface area contributed by atoms with Gasteiger partial charge >= 0.3 is 5.97 Å². The molecule has 1 fully saturated rings. The van der Waals surface area contributed by atoms with Crippen molar-refractivity contribution in [2.75, 3.05) is 6.54 Å². The Balaban J connectivity index is 2.28. The lowest BCUT2D eigenvalue weighted by atomic mass is 9.79. The maximum atomic E-state index is 10.5. The summed E-state index contributed by atoms with van der Waals surface area (Å²) in [6, 6.07) is -0.0825. The molecular weight excluding hydrogens is 206 g/mol. The molecule has 0 saturated heterocycles. The monoisotopic (exact) mass is 229 g/mol. The highest BCUT2D eigenvalue weighted by atomic mass is 16.4. The number of rotatable bonds is 5. The predicted octanol–water partition coefficient (Wildman–Crippen LogP) is 1.38. The molecule has 0 aromatic rings. The average Bonchev–Trinajstić information content (AvgIpc) is 2.20. The molecule has 0 aliphatic heterocycles. The Kier molecular flexibility index (Phi) is 4.74. The first-order chi connectivity index (χ1) is 7.41. The zero-order valence-corrected chi connectivity index (χ0v) is 10.2. The van der Waals surface area contributed by atoms with Crippen LogP contribution in [0.1, 0.15) is 46.0 Å². The van der Waals surface area contributed by atoms with Gasteiger partial charge in [0.1, 0.15) is 0 Å². The summed E-state index contributed by atoms with van der Waals surface area (Å²) in [5.41, 5.74) is -0.626. The summed E-state index contributed by atoms with van der Waals surface area (Å²) in [6.07, 6.45) is 3.87. The van der Waals surface area contributed by atoms with Crippen LogP contribution >= 0.6 is 0 Å². The quantitative estimate of drug-likeness (QED) is 0.666. The lowest BCUT2D eigenvalue weighted by Crippen LogP contribution is -2.46. The summed E-state index contributed by atoms with van der Waals surface area (Å²) in [7, 11) is 0. The van der Waals surface area contributed by atoms with Crippen LogP contribution in [-0.2, 0) is 4.79 Å². The molecule has 16 heavy (non-hydrogen) atoms. The van der Waals surface area contributed by atoms with E-state index < -0.39 is 11.6 Å². The Morgan fingerprint density at radius 2 is 2.06 bits per heavy atom. The molecule has 94 valence electrons. The molecule has 1 unspecified atom stereocenters. The average molecular weight is 229 g/mol. The molecule has 1 saturated carbocycles. The molecule has 4 nitrogen and oxygen atoms in total. The van der Waals surface area contributed by atoms with Gasteiger partial charge in [-0.05, 0) is 38.5 Å². The van der Waals surface area contributed by atoms with Crippen LogP contribution in [0, 0.1) is 5.92 Å². The van der Waals surface area contributed by atoms with E-state index in [0.717, 1.165) is 25.7 Å². The van der Waals surface area contributed by atoms with Crippen molar-refractivity contribution in [3.8, 4) is 0 Å². The summed E-state index contributed by atoms with van der Waals surface area (Å²) in [5.74, 6) is -0.0963. The minimum Gasteiger partial charge on any atom is -0.481 e. The van der Waals surface area contributed by atoms with Crippen LogP contribution in [0.3, 0.4) is 0 Å². The van der Waals surface area contributed by atoms with Crippen molar-refractivity contribution in [2.45, 2.75) is 57.6 Å². The summed E-state index contributed by atoms with van der Waals surface area (Å²) < 4.78 is 0. The van der Waals surface area contributed by atoms with Crippen molar-refractivity contribution < 1.29 is 15.0 Å². The van der Waals surface area contributed by atoms with E-state index in [1.165, 1.54) is 0 Å². The van der Waals surface area contributed by atoms with Gasteiger partial charge in [-0.1, -0.05) is 6.92 Å². The first-order valence-electron chi connectivity index (χ1n) is 6.09. The SMILES string of the molecule is CC1CCC(O)(CNC(C)CC(=O)O)CC1. The molecule has 3 N–H and O–H groups in total. The molecule has 4 heteroatoms. The number of nitrogens with one attached hydrogen (secondary N) is 1. The maximum Gasteiger partial charge on any atom is 0.304 e. The minimum absolute atomic E-state index is 0.0825. The molecule has 0 spiro atoms. The Hall–Kier alpha value is -0.610. The van der Waals surface area contributed by atoms with E-state index in [-0.39, 0.29) is 12.5 Å². The highest BCUT2D eigenvalue weighted by Gasteiger charge is 2.31. The van der Waals surface area contributed by atoms with Gasteiger partial charge in [0.05, 0.1) is 12.0 Å². The van der Waals surface area contributed by atoms with Gasteiger partial charge in [0.15, 0.2) is 0 Å². The number of carbonyl (C=O) groups is 1. The van der Waals surface area contributed by atoms with Crippen LogP contribution in [0.15, 0.2) is 0 Å². The topological polar surface area (TPSA) is 69.6 Å². The number of aliphatic hydroxyl groups is 1. The van der Waals surface area contributed by atoms with Gasteiger partial charge in [-0.2, -0.15) is 0 Å². The lowest BCUT2D eigenvalue weighted by molar-refractivity contribution is -0.137. The molecule has 0 bridgehead atoms. The second-order valence-electron chi connectivity index (χ2n) is 5.29. The van der Waals surface area contributed by atoms with Gasteiger partial charge < -0.3 is 15.5 Å². The van der Waals surface area contributed by atoms with E-state index in [1.54, 1.807) is 0 Å². The van der Waals surface area contributed by atoms with Crippen molar-refractivity contribution in [1.29, 1.82) is 0 Å². The zero-order chi connectivity index (χ0) is 12.2. The molecule has 0 heterocycles. The maximum absolute atomic E-state index is 10.5. The zero-order valence-electron chi connectivity index (χ0n) is 10.2. The van der Waals surface area contributed by atoms with Crippen LogP contribution in [0.4, 0.5) is 0 Å². The number of carboxylic acid groups (broad SMARTS) is 1. The third-order valence-electron chi connectivity index (χ3n) is 3.47. The highest BCUT2D eigenvalue weighted by Crippen LogP contribution is 2.31. The summed E-state index contributed by atoms with van der Waals surface area (Å²) in [5, 5.41) is 22.0. The Morgan fingerprint density at radius 1 is 1.50 bits per heavy atom. The summed E-state index contributed by atoms with van der Waals surface area (Å²) in [4.78, 5) is 10.5. The first-order valence-corrected chi connectivity index (χ1v) is 6.09. The van der Waals surface area contributed by atoms with E-state index in [2.05, 4.69) is 12.2 Å². The summed E-state index contributed by atoms with van der Waals surface area (Å²) >= 11 is 0. The normalized spacial score (nSPS) is 32.3. The van der Waals surface area contributed by atoms with E-state index in [4.69, 9.17) is 5.11 Å². The third-order valence-corrected chi connectivity index (χ3v) is 3.47. The third kappa shape index (κ3) is 4.49. The van der Waals surface area contributed by atoms with Gasteiger partial charge in [-0.3, -0.25) is 4.79 Å². The standard InChI is InChI=1S/C12H23NO3/c1-9-3-5-12(16,6-4-9)8-13-10(2)7-11(14)15/h9-10,13,16H,3-8H2,1-2H3,(H,14,15). The van der Waals surface area contributed by atoms with E-state index in [0.29, 0.717) is 12.5 Å². The van der Waals surface area contributed by atoms with Crippen LogP contribution < -0.4 is 5.32 Å². The van der Waals surface area contributed by atoms with E-state index in [9.17, 15) is 9.90 Å². The van der Waals surface area contributed by atoms with Crippen molar-refractivity contribution >= 4 is 5.97 Å². The number of aliphatic carboxylic acids is 1. The Bertz CT molecular complexity index is 234. The van der Waals surface area contributed by atoms with Gasteiger partial charge in [-0.15, -0.1) is 0 Å². The van der Waals surface area contributed by atoms with E-state index in [1.807, 2.05) is 6.92 Å². The molecular formula is C12H23NO3. The molecule has 1 aliphatic carbocycles. The molecule has 0 radical (unpaired) electrons. The fraction of sp³-hybridized carbons (Fsp3) is 0.917. The second kappa shape index (κ2) is 5.64. The largest absolute Gasteiger partial charge is 0.481 e. The number of hydrogen-bond donors (Lipinski definition) is 3. The minimum atomic E-state index is -0.802. The molecule has 0 aromatic carbocycles. The Morgan fingerprint density at radius 3 is 2.56 bits per heavy atom. The fourth-order valence-corrected chi connectivity index (χ4v) is 2.17. The lowest BCUT2D eigenvalue weighted by Gasteiger charge is -2.35. The van der Waals surface area contributed by atoms with Gasteiger partial charge in [0, 0.05) is 12.6 Å². The smallest absolute Gasteiger partial charge is 0.304 e. The van der Waals surface area contributed by atoms with Crippen molar-refractivity contribution in [2.24, 2.45) is 5.92 Å². The number of hydrogen-bond acceptors (Lipinski definition) is 3. The fourth-order valence-electron chi connectivity index (χ4n) is 2.17. The molecule has 1 aliphatic rings. The second-order valence-corrected chi connectivity index (χ2v) is 5.29. The van der Waals surface area contributed by atoms with Crippen LogP contribution in [0.2, 0.25) is 0 Å². The number of carboxylic acids is 1. The molecule has 1 atom stereocenters. The van der Waals surface area contributed by atoms with Gasteiger partial charge in [0.25, 0.3) is 0 Å².